The van der Waals surface area contributed by atoms with Gasteiger partial charge in [-0.05, 0) is 43.2 Å². The van der Waals surface area contributed by atoms with Gasteiger partial charge in [0.2, 0.25) is 5.91 Å². The quantitative estimate of drug-likeness (QED) is 0.639. The second kappa shape index (κ2) is 7.28. The van der Waals surface area contributed by atoms with Crippen LogP contribution < -0.4 is 5.32 Å². The third kappa shape index (κ3) is 3.91. The number of thiazole rings is 1. The summed E-state index contributed by atoms with van der Waals surface area (Å²) in [5, 5.41) is 5.84. The fourth-order valence-electron chi connectivity index (χ4n) is 2.39. The highest BCUT2D eigenvalue weighted by Gasteiger charge is 2.11. The molecule has 0 aliphatic heterocycles. The van der Waals surface area contributed by atoms with E-state index in [-0.39, 0.29) is 12.3 Å². The maximum Gasteiger partial charge on any atom is 0.230 e. The van der Waals surface area contributed by atoms with Gasteiger partial charge in [0.05, 0.1) is 12.1 Å². The first kappa shape index (κ1) is 16.9. The smallest absolute Gasteiger partial charge is 0.230 e. The van der Waals surface area contributed by atoms with E-state index >= 15 is 0 Å². The van der Waals surface area contributed by atoms with E-state index in [1.165, 1.54) is 5.56 Å². The van der Waals surface area contributed by atoms with Crippen LogP contribution in [0.2, 0.25) is 0 Å². The number of benzene rings is 2. The topological polar surface area (TPSA) is 42.0 Å². The normalized spacial score (nSPS) is 10.6. The van der Waals surface area contributed by atoms with Crippen molar-refractivity contribution in [2.75, 3.05) is 5.32 Å². The molecule has 0 saturated carbocycles. The van der Waals surface area contributed by atoms with Gasteiger partial charge in [-0.1, -0.05) is 40.2 Å². The highest BCUT2D eigenvalue weighted by Crippen LogP contribution is 2.26. The Bertz CT molecular complexity index is 889. The van der Waals surface area contributed by atoms with Gasteiger partial charge < -0.3 is 5.32 Å². The maximum atomic E-state index is 12.3. The molecule has 0 radical (unpaired) electrons. The van der Waals surface area contributed by atoms with Crippen LogP contribution in [0.4, 0.5) is 5.69 Å². The van der Waals surface area contributed by atoms with Crippen molar-refractivity contribution in [3.63, 3.8) is 0 Å². The summed E-state index contributed by atoms with van der Waals surface area (Å²) in [6.07, 6.45) is 0.276. The maximum absolute atomic E-state index is 12.3. The van der Waals surface area contributed by atoms with Crippen molar-refractivity contribution < 1.29 is 4.79 Å². The van der Waals surface area contributed by atoms with E-state index in [1.807, 2.05) is 61.7 Å². The molecule has 0 bridgehead atoms. The lowest BCUT2D eigenvalue weighted by Crippen LogP contribution is -2.15. The third-order valence-electron chi connectivity index (χ3n) is 3.84. The van der Waals surface area contributed by atoms with Crippen molar-refractivity contribution in [2.24, 2.45) is 0 Å². The molecule has 0 unspecified atom stereocenters. The fraction of sp³-hybridized carbons (Fsp3) is 0.158. The molecule has 1 N–H and O–H groups in total. The van der Waals surface area contributed by atoms with Gasteiger partial charge in [-0.25, -0.2) is 4.98 Å². The van der Waals surface area contributed by atoms with Crippen LogP contribution in [0.15, 0.2) is 52.3 Å². The van der Waals surface area contributed by atoms with Crippen LogP contribution in [0.3, 0.4) is 0 Å². The lowest BCUT2D eigenvalue weighted by Gasteiger charge is -2.09. The minimum atomic E-state index is -0.0465. The van der Waals surface area contributed by atoms with E-state index in [0.717, 1.165) is 32.0 Å². The number of amides is 1. The van der Waals surface area contributed by atoms with Crippen molar-refractivity contribution >= 4 is 38.9 Å². The molecule has 1 aromatic heterocycles. The molecular formula is C19H17BrN2OS. The van der Waals surface area contributed by atoms with E-state index < -0.39 is 0 Å². The highest BCUT2D eigenvalue weighted by molar-refractivity contribution is 9.10. The predicted octanol–water partition coefficient (Wildman–Crippen LogP) is 5.37. The van der Waals surface area contributed by atoms with Gasteiger partial charge in [-0.15, -0.1) is 11.3 Å². The number of halogens is 1. The average molecular weight is 401 g/mol. The number of anilines is 1. The number of nitrogens with zero attached hydrogens (tertiary/aromatic N) is 1. The highest BCUT2D eigenvalue weighted by atomic mass is 79.9. The van der Waals surface area contributed by atoms with Crippen molar-refractivity contribution in [2.45, 2.75) is 20.3 Å². The number of aromatic nitrogens is 1. The molecule has 3 aromatic rings. The number of hydrogen-bond donors (Lipinski definition) is 1. The van der Waals surface area contributed by atoms with Crippen molar-refractivity contribution in [3.8, 4) is 10.6 Å². The first-order valence-electron chi connectivity index (χ1n) is 7.59. The lowest BCUT2D eigenvalue weighted by atomic mass is 10.1. The third-order valence-corrected chi connectivity index (χ3v) is 5.28. The Hall–Kier alpha value is -1.98. The zero-order valence-electron chi connectivity index (χ0n) is 13.5. The van der Waals surface area contributed by atoms with Crippen molar-refractivity contribution in [1.82, 2.24) is 4.98 Å². The summed E-state index contributed by atoms with van der Waals surface area (Å²) < 4.78 is 1.02. The first-order valence-corrected chi connectivity index (χ1v) is 9.26. The summed E-state index contributed by atoms with van der Waals surface area (Å²) >= 11 is 5.02. The molecule has 3 rings (SSSR count). The van der Waals surface area contributed by atoms with E-state index in [2.05, 4.69) is 26.2 Å². The fourth-order valence-corrected chi connectivity index (χ4v) is 3.60. The number of aryl methyl sites for hydroxylation is 1. The molecule has 0 fully saturated rings. The molecule has 0 spiro atoms. The second-order valence-corrected chi connectivity index (χ2v) is 7.40. The summed E-state index contributed by atoms with van der Waals surface area (Å²) in [5.74, 6) is -0.0465. The van der Waals surface area contributed by atoms with Crippen LogP contribution in [0.5, 0.6) is 0 Å². The number of rotatable bonds is 4. The Morgan fingerprint density at radius 3 is 2.79 bits per heavy atom. The number of carbonyl (C=O) groups is 1. The Labute approximate surface area is 153 Å². The van der Waals surface area contributed by atoms with Crippen molar-refractivity contribution in [3.05, 3.63) is 69.1 Å². The zero-order valence-corrected chi connectivity index (χ0v) is 15.9. The molecular weight excluding hydrogens is 384 g/mol. The summed E-state index contributed by atoms with van der Waals surface area (Å²) in [7, 11) is 0. The molecule has 1 amide bonds. The van der Waals surface area contributed by atoms with Crippen LogP contribution in [0.25, 0.3) is 10.6 Å². The van der Waals surface area contributed by atoms with Crippen LogP contribution in [-0.2, 0) is 11.2 Å². The molecule has 1 heterocycles. The molecule has 0 saturated heterocycles. The standard InChI is InChI=1S/C19H17BrN2OS/c1-12-5-3-8-17(13(12)2)22-18(23)10-16-11-24-19(21-16)14-6-4-7-15(20)9-14/h3-9,11H,10H2,1-2H3,(H,22,23). The largest absolute Gasteiger partial charge is 0.325 e. The molecule has 5 heteroatoms. The number of carbonyl (C=O) groups excluding carboxylic acids is 1. The number of hydrogen-bond acceptors (Lipinski definition) is 3. The summed E-state index contributed by atoms with van der Waals surface area (Å²) in [4.78, 5) is 16.9. The van der Waals surface area contributed by atoms with Gasteiger partial charge in [0.1, 0.15) is 5.01 Å². The molecule has 2 aromatic carbocycles. The molecule has 0 atom stereocenters. The summed E-state index contributed by atoms with van der Waals surface area (Å²) in [6.45, 7) is 4.05. The van der Waals surface area contributed by atoms with Gasteiger partial charge in [-0.3, -0.25) is 4.79 Å². The Balaban J connectivity index is 1.70. The Kier molecular flexibility index (Phi) is 5.11. The number of nitrogens with one attached hydrogen (secondary N) is 1. The monoisotopic (exact) mass is 400 g/mol. The molecule has 3 nitrogen and oxygen atoms in total. The van der Waals surface area contributed by atoms with Gasteiger partial charge in [0.25, 0.3) is 0 Å². The van der Waals surface area contributed by atoms with Gasteiger partial charge in [0.15, 0.2) is 0 Å². The van der Waals surface area contributed by atoms with E-state index in [4.69, 9.17) is 0 Å². The molecule has 24 heavy (non-hydrogen) atoms. The zero-order chi connectivity index (χ0) is 17.1. The van der Waals surface area contributed by atoms with Crippen LogP contribution >= 0.6 is 27.3 Å². The lowest BCUT2D eigenvalue weighted by molar-refractivity contribution is -0.115. The average Bonchev–Trinajstić information content (AvgIpc) is 3.00. The first-order chi connectivity index (χ1) is 11.5. The predicted molar refractivity (Wildman–Crippen MR) is 103 cm³/mol. The van der Waals surface area contributed by atoms with Gasteiger partial charge in [-0.2, -0.15) is 0 Å². The minimum Gasteiger partial charge on any atom is -0.325 e. The molecule has 122 valence electrons. The van der Waals surface area contributed by atoms with Crippen LogP contribution in [-0.4, -0.2) is 10.9 Å². The van der Waals surface area contributed by atoms with Gasteiger partial charge in [0, 0.05) is 21.1 Å². The minimum absolute atomic E-state index is 0.0465. The van der Waals surface area contributed by atoms with Crippen LogP contribution in [0.1, 0.15) is 16.8 Å². The molecule has 0 aliphatic carbocycles. The van der Waals surface area contributed by atoms with E-state index in [9.17, 15) is 4.79 Å². The van der Waals surface area contributed by atoms with E-state index in [0.29, 0.717) is 0 Å². The molecule has 0 aliphatic rings. The van der Waals surface area contributed by atoms with Crippen molar-refractivity contribution in [1.29, 1.82) is 0 Å². The van der Waals surface area contributed by atoms with E-state index in [1.54, 1.807) is 11.3 Å². The van der Waals surface area contributed by atoms with Crippen LogP contribution in [0, 0.1) is 13.8 Å². The summed E-state index contributed by atoms with van der Waals surface area (Å²) in [5.41, 5.74) is 4.97. The Morgan fingerprint density at radius 2 is 2.00 bits per heavy atom. The summed E-state index contributed by atoms with van der Waals surface area (Å²) in [6, 6.07) is 13.9. The SMILES string of the molecule is Cc1cccc(NC(=O)Cc2csc(-c3cccc(Br)c3)n2)c1C. The second-order valence-electron chi connectivity index (χ2n) is 5.63. The Morgan fingerprint density at radius 1 is 1.21 bits per heavy atom. The van der Waals surface area contributed by atoms with Gasteiger partial charge >= 0.3 is 0 Å².